The zero-order valence-electron chi connectivity index (χ0n) is 8.67. The number of piperidine rings is 1. The number of nitrogens with zero attached hydrogens (tertiary/aromatic N) is 1. The summed E-state index contributed by atoms with van der Waals surface area (Å²) in [4.78, 5) is 2.23. The van der Waals surface area contributed by atoms with Crippen molar-refractivity contribution >= 4 is 0 Å². The number of likely N-dealkylation sites (N-methyl/N-ethyl adjacent to an activating group) is 1. The topological polar surface area (TPSA) is 23.5 Å². The molecule has 12 heavy (non-hydrogen) atoms. The lowest BCUT2D eigenvalue weighted by molar-refractivity contribution is 0.0157. The van der Waals surface area contributed by atoms with Gasteiger partial charge in [-0.25, -0.2) is 0 Å². The molecule has 1 heterocycles. The Morgan fingerprint density at radius 1 is 1.25 bits per heavy atom. The molecule has 0 aliphatic carbocycles. The van der Waals surface area contributed by atoms with Gasteiger partial charge in [-0.2, -0.15) is 0 Å². The van der Waals surface area contributed by atoms with Crippen LogP contribution in [0.3, 0.4) is 0 Å². The van der Waals surface area contributed by atoms with Crippen molar-refractivity contribution in [2.24, 2.45) is 11.3 Å². The molecule has 0 saturated carbocycles. The van der Waals surface area contributed by atoms with E-state index in [2.05, 4.69) is 32.7 Å². The van der Waals surface area contributed by atoms with Crippen LogP contribution in [-0.4, -0.2) is 36.2 Å². The molecular formula is C10H21NO. The first kappa shape index (κ1) is 10.0. The molecule has 1 saturated heterocycles. The predicted molar refractivity (Wildman–Crippen MR) is 51.1 cm³/mol. The second-order valence-electron chi connectivity index (χ2n) is 5.17. The molecule has 1 aliphatic heterocycles. The van der Waals surface area contributed by atoms with Crippen LogP contribution in [0, 0.1) is 11.3 Å². The standard InChI is InChI=1S/C10H21NO/c1-10(2,3)8-5-9(12)7-11(4)6-8/h8-9,12H,5-7H2,1-4H3. The maximum Gasteiger partial charge on any atom is 0.0670 e. The lowest BCUT2D eigenvalue weighted by Gasteiger charge is -2.40. The first-order valence-electron chi connectivity index (χ1n) is 4.76. The highest BCUT2D eigenvalue weighted by Crippen LogP contribution is 2.32. The summed E-state index contributed by atoms with van der Waals surface area (Å²) in [7, 11) is 2.08. The summed E-state index contributed by atoms with van der Waals surface area (Å²) in [5.41, 5.74) is 0.329. The number of rotatable bonds is 0. The highest BCUT2D eigenvalue weighted by atomic mass is 16.3. The molecule has 0 radical (unpaired) electrons. The second-order valence-corrected chi connectivity index (χ2v) is 5.17. The van der Waals surface area contributed by atoms with Crippen LogP contribution < -0.4 is 0 Å². The molecule has 0 aromatic carbocycles. The first-order valence-corrected chi connectivity index (χ1v) is 4.76. The maximum absolute atomic E-state index is 9.57. The third-order valence-electron chi connectivity index (χ3n) is 2.84. The van der Waals surface area contributed by atoms with E-state index in [0.717, 1.165) is 19.5 Å². The van der Waals surface area contributed by atoms with Crippen molar-refractivity contribution in [3.05, 3.63) is 0 Å². The summed E-state index contributed by atoms with van der Waals surface area (Å²) in [6.45, 7) is 8.73. The van der Waals surface area contributed by atoms with Crippen LogP contribution in [0.25, 0.3) is 0 Å². The molecule has 2 atom stereocenters. The van der Waals surface area contributed by atoms with E-state index >= 15 is 0 Å². The van der Waals surface area contributed by atoms with Crippen molar-refractivity contribution in [2.45, 2.75) is 33.3 Å². The Morgan fingerprint density at radius 2 is 1.83 bits per heavy atom. The average Bonchev–Trinajstić information content (AvgIpc) is 1.82. The third kappa shape index (κ3) is 2.46. The highest BCUT2D eigenvalue weighted by Gasteiger charge is 2.31. The Kier molecular flexibility index (Phi) is 2.79. The molecule has 2 unspecified atom stereocenters. The fourth-order valence-corrected chi connectivity index (χ4v) is 1.92. The lowest BCUT2D eigenvalue weighted by Crippen LogP contribution is -2.44. The molecule has 0 amide bonds. The minimum atomic E-state index is -0.118. The molecule has 2 nitrogen and oxygen atoms in total. The summed E-state index contributed by atoms with van der Waals surface area (Å²) in [6, 6.07) is 0. The summed E-state index contributed by atoms with van der Waals surface area (Å²) >= 11 is 0. The SMILES string of the molecule is CN1CC(O)CC(C(C)(C)C)C1. The molecule has 1 aliphatic rings. The van der Waals surface area contributed by atoms with Crippen LogP contribution in [-0.2, 0) is 0 Å². The Bertz CT molecular complexity index is 140. The van der Waals surface area contributed by atoms with Gasteiger partial charge in [-0.3, -0.25) is 0 Å². The smallest absolute Gasteiger partial charge is 0.0670 e. The van der Waals surface area contributed by atoms with Crippen LogP contribution in [0.5, 0.6) is 0 Å². The molecule has 72 valence electrons. The van der Waals surface area contributed by atoms with E-state index in [1.165, 1.54) is 0 Å². The van der Waals surface area contributed by atoms with Gasteiger partial charge in [0.2, 0.25) is 0 Å². The number of aliphatic hydroxyl groups excluding tert-OH is 1. The van der Waals surface area contributed by atoms with Gasteiger partial charge < -0.3 is 10.0 Å². The van der Waals surface area contributed by atoms with E-state index in [4.69, 9.17) is 0 Å². The number of likely N-dealkylation sites (tertiary alicyclic amines) is 1. The summed E-state index contributed by atoms with van der Waals surface area (Å²) in [6.07, 6.45) is 0.848. The minimum Gasteiger partial charge on any atom is -0.392 e. The lowest BCUT2D eigenvalue weighted by atomic mass is 9.75. The van der Waals surface area contributed by atoms with Crippen molar-refractivity contribution < 1.29 is 5.11 Å². The van der Waals surface area contributed by atoms with E-state index < -0.39 is 0 Å². The number of hydrogen-bond donors (Lipinski definition) is 1. The van der Waals surface area contributed by atoms with E-state index in [9.17, 15) is 5.11 Å². The van der Waals surface area contributed by atoms with Crippen LogP contribution in [0.2, 0.25) is 0 Å². The normalized spacial score (nSPS) is 33.8. The van der Waals surface area contributed by atoms with Gasteiger partial charge in [0, 0.05) is 13.1 Å². The van der Waals surface area contributed by atoms with Crippen LogP contribution >= 0.6 is 0 Å². The van der Waals surface area contributed by atoms with Gasteiger partial charge in [0.1, 0.15) is 0 Å². The van der Waals surface area contributed by atoms with Crippen LogP contribution in [0.15, 0.2) is 0 Å². The zero-order chi connectivity index (χ0) is 9.35. The average molecular weight is 171 g/mol. The monoisotopic (exact) mass is 171 g/mol. The molecule has 0 spiro atoms. The van der Waals surface area contributed by atoms with E-state index in [1.807, 2.05) is 0 Å². The van der Waals surface area contributed by atoms with Gasteiger partial charge >= 0.3 is 0 Å². The molecule has 2 heteroatoms. The van der Waals surface area contributed by atoms with Gasteiger partial charge in [-0.05, 0) is 24.8 Å². The fraction of sp³-hybridized carbons (Fsp3) is 1.00. The highest BCUT2D eigenvalue weighted by molar-refractivity contribution is 4.84. The molecule has 1 rings (SSSR count). The van der Waals surface area contributed by atoms with Crippen molar-refractivity contribution in [3.8, 4) is 0 Å². The number of aliphatic hydroxyl groups is 1. The molecule has 1 fully saturated rings. The molecule has 1 N–H and O–H groups in total. The van der Waals surface area contributed by atoms with Gasteiger partial charge in [0.25, 0.3) is 0 Å². The van der Waals surface area contributed by atoms with Gasteiger partial charge in [0.05, 0.1) is 6.10 Å². The zero-order valence-corrected chi connectivity index (χ0v) is 8.67. The van der Waals surface area contributed by atoms with E-state index in [0.29, 0.717) is 11.3 Å². The quantitative estimate of drug-likeness (QED) is 0.594. The second kappa shape index (κ2) is 3.35. The summed E-state index contributed by atoms with van der Waals surface area (Å²) in [5, 5.41) is 9.57. The number of hydrogen-bond acceptors (Lipinski definition) is 2. The Morgan fingerprint density at radius 3 is 2.25 bits per heavy atom. The maximum atomic E-state index is 9.57. The van der Waals surface area contributed by atoms with Crippen molar-refractivity contribution in [1.29, 1.82) is 0 Å². The Balaban J connectivity index is 2.55. The van der Waals surface area contributed by atoms with Gasteiger partial charge in [-0.15, -0.1) is 0 Å². The van der Waals surface area contributed by atoms with E-state index in [-0.39, 0.29) is 6.10 Å². The minimum absolute atomic E-state index is 0.118. The van der Waals surface area contributed by atoms with Crippen molar-refractivity contribution in [3.63, 3.8) is 0 Å². The Labute approximate surface area is 75.6 Å². The molecule has 0 aromatic heterocycles. The van der Waals surface area contributed by atoms with Gasteiger partial charge in [-0.1, -0.05) is 20.8 Å². The van der Waals surface area contributed by atoms with Crippen molar-refractivity contribution in [1.82, 2.24) is 4.90 Å². The largest absolute Gasteiger partial charge is 0.392 e. The number of β-amino-alcohol motifs (C(OH)–C–C–N with tert-alkyl or cyclic N) is 1. The van der Waals surface area contributed by atoms with E-state index in [1.54, 1.807) is 0 Å². The Hall–Kier alpha value is -0.0800. The predicted octanol–water partition coefficient (Wildman–Crippen LogP) is 1.35. The van der Waals surface area contributed by atoms with Crippen LogP contribution in [0.1, 0.15) is 27.2 Å². The van der Waals surface area contributed by atoms with Gasteiger partial charge in [0.15, 0.2) is 0 Å². The third-order valence-corrected chi connectivity index (χ3v) is 2.84. The van der Waals surface area contributed by atoms with Crippen LogP contribution in [0.4, 0.5) is 0 Å². The summed E-state index contributed by atoms with van der Waals surface area (Å²) in [5.74, 6) is 0.631. The molecule has 0 aromatic rings. The molecular weight excluding hydrogens is 150 g/mol. The van der Waals surface area contributed by atoms with Crippen molar-refractivity contribution in [2.75, 3.05) is 20.1 Å². The fourth-order valence-electron chi connectivity index (χ4n) is 1.92. The first-order chi connectivity index (χ1) is 5.39. The summed E-state index contributed by atoms with van der Waals surface area (Å²) < 4.78 is 0. The molecule has 0 bridgehead atoms.